The molecule has 0 saturated heterocycles. The van der Waals surface area contributed by atoms with Crippen molar-refractivity contribution in [2.24, 2.45) is 0 Å². The number of carbonyl (C=O) groups is 1. The molecule has 0 bridgehead atoms. The average molecular weight is 257 g/mol. The first-order valence-corrected chi connectivity index (χ1v) is 5.50. The number of carboxylic acids is 1. The number of rotatable bonds is 2. The van der Waals surface area contributed by atoms with Gasteiger partial charge in [0.15, 0.2) is 17.3 Å². The minimum atomic E-state index is -1.33. The normalized spacial score (nSPS) is 10.8. The Morgan fingerprint density at radius 3 is 2.68 bits per heavy atom. The van der Waals surface area contributed by atoms with Crippen LogP contribution in [-0.4, -0.2) is 25.7 Å². The molecule has 2 heterocycles. The van der Waals surface area contributed by atoms with E-state index in [2.05, 4.69) is 10.1 Å². The first kappa shape index (κ1) is 11.3. The monoisotopic (exact) mass is 257 g/mol. The van der Waals surface area contributed by atoms with Gasteiger partial charge in [0.2, 0.25) is 0 Å². The Labute approximate surface area is 107 Å². The summed E-state index contributed by atoms with van der Waals surface area (Å²) in [5.41, 5.74) is 0.653. The Kier molecular flexibility index (Phi) is 2.49. The molecule has 1 aromatic carbocycles. The van der Waals surface area contributed by atoms with Gasteiger partial charge in [-0.25, -0.2) is 18.7 Å². The van der Waals surface area contributed by atoms with Gasteiger partial charge in [-0.3, -0.25) is 0 Å². The Balaban J connectivity index is 2.19. The highest BCUT2D eigenvalue weighted by molar-refractivity contribution is 5.89. The molecular formula is C13H8FN3O2. The number of carboxylic acid groups (broad SMARTS) is 1. The van der Waals surface area contributed by atoms with Crippen molar-refractivity contribution in [3.63, 3.8) is 0 Å². The Morgan fingerprint density at radius 2 is 2.00 bits per heavy atom. The number of pyridine rings is 1. The van der Waals surface area contributed by atoms with Crippen molar-refractivity contribution in [2.75, 3.05) is 0 Å². The number of hydrogen-bond donors (Lipinski definition) is 1. The van der Waals surface area contributed by atoms with E-state index in [-0.39, 0.29) is 5.65 Å². The molecular weight excluding hydrogens is 249 g/mol. The van der Waals surface area contributed by atoms with Crippen LogP contribution in [0, 0.1) is 5.82 Å². The zero-order valence-electron chi connectivity index (χ0n) is 9.62. The van der Waals surface area contributed by atoms with E-state index in [1.54, 1.807) is 0 Å². The van der Waals surface area contributed by atoms with E-state index in [0.717, 1.165) is 17.8 Å². The standard InChI is InChI=1S/C13H8FN3O2/c14-10-7-17-11(6-9(10)13(18)19)15-12(16-17)8-4-2-1-3-5-8/h1-7H,(H,18,19). The molecule has 0 aliphatic heterocycles. The molecule has 1 N–H and O–H groups in total. The fourth-order valence-electron chi connectivity index (χ4n) is 1.78. The first-order valence-electron chi connectivity index (χ1n) is 5.50. The van der Waals surface area contributed by atoms with Crippen LogP contribution in [0.1, 0.15) is 10.4 Å². The molecule has 5 nitrogen and oxygen atoms in total. The summed E-state index contributed by atoms with van der Waals surface area (Å²) in [5, 5.41) is 13.0. The van der Waals surface area contributed by atoms with Crippen molar-refractivity contribution in [2.45, 2.75) is 0 Å². The summed E-state index contributed by atoms with van der Waals surface area (Å²) in [6, 6.07) is 10.3. The minimum Gasteiger partial charge on any atom is -0.478 e. The van der Waals surface area contributed by atoms with E-state index in [0.29, 0.717) is 5.82 Å². The van der Waals surface area contributed by atoms with Crippen LogP contribution in [0.5, 0.6) is 0 Å². The lowest BCUT2D eigenvalue weighted by atomic mass is 10.2. The van der Waals surface area contributed by atoms with Crippen molar-refractivity contribution in [3.8, 4) is 11.4 Å². The maximum atomic E-state index is 13.5. The van der Waals surface area contributed by atoms with Crippen molar-refractivity contribution < 1.29 is 14.3 Å². The Bertz CT molecular complexity index is 768. The number of aromatic nitrogens is 3. The van der Waals surface area contributed by atoms with Crippen LogP contribution in [0.4, 0.5) is 4.39 Å². The molecule has 0 radical (unpaired) electrons. The van der Waals surface area contributed by atoms with Gasteiger partial charge >= 0.3 is 5.97 Å². The molecule has 0 aliphatic rings. The molecule has 19 heavy (non-hydrogen) atoms. The van der Waals surface area contributed by atoms with Gasteiger partial charge in [0.05, 0.1) is 6.20 Å². The van der Waals surface area contributed by atoms with Crippen LogP contribution in [0.15, 0.2) is 42.6 Å². The van der Waals surface area contributed by atoms with Gasteiger partial charge in [-0.2, -0.15) is 0 Å². The predicted octanol–water partition coefficient (Wildman–Crippen LogP) is 2.23. The maximum absolute atomic E-state index is 13.5. The molecule has 0 fully saturated rings. The lowest BCUT2D eigenvalue weighted by molar-refractivity contribution is 0.0691. The highest BCUT2D eigenvalue weighted by Crippen LogP contribution is 2.17. The first-order chi connectivity index (χ1) is 9.15. The van der Waals surface area contributed by atoms with Gasteiger partial charge in [0.25, 0.3) is 0 Å². The van der Waals surface area contributed by atoms with Crippen LogP contribution in [-0.2, 0) is 0 Å². The van der Waals surface area contributed by atoms with E-state index in [1.807, 2.05) is 30.3 Å². The summed E-state index contributed by atoms with van der Waals surface area (Å²) in [6.45, 7) is 0. The fourth-order valence-corrected chi connectivity index (χ4v) is 1.78. The second-order valence-corrected chi connectivity index (χ2v) is 3.94. The van der Waals surface area contributed by atoms with Crippen LogP contribution < -0.4 is 0 Å². The lowest BCUT2D eigenvalue weighted by Crippen LogP contribution is -2.03. The number of benzene rings is 1. The molecule has 3 rings (SSSR count). The summed E-state index contributed by atoms with van der Waals surface area (Å²) in [5.74, 6) is -1.75. The molecule has 2 aromatic heterocycles. The van der Waals surface area contributed by atoms with Crippen LogP contribution in [0.25, 0.3) is 17.0 Å². The number of fused-ring (bicyclic) bond motifs is 1. The van der Waals surface area contributed by atoms with Crippen molar-refractivity contribution in [3.05, 3.63) is 54.0 Å². The molecule has 0 saturated carbocycles. The SMILES string of the molecule is O=C(O)c1cc2nc(-c3ccccc3)nn2cc1F. The number of halogens is 1. The minimum absolute atomic E-state index is 0.289. The fraction of sp³-hybridized carbons (Fsp3) is 0. The molecule has 6 heteroatoms. The van der Waals surface area contributed by atoms with Crippen LogP contribution in [0.3, 0.4) is 0 Å². The van der Waals surface area contributed by atoms with Crippen molar-refractivity contribution in [1.82, 2.24) is 14.6 Å². The zero-order valence-corrected chi connectivity index (χ0v) is 9.62. The highest BCUT2D eigenvalue weighted by atomic mass is 19.1. The third kappa shape index (κ3) is 1.93. The third-order valence-corrected chi connectivity index (χ3v) is 2.69. The summed E-state index contributed by atoms with van der Waals surface area (Å²) >= 11 is 0. The quantitative estimate of drug-likeness (QED) is 0.764. The van der Waals surface area contributed by atoms with E-state index in [4.69, 9.17) is 5.11 Å². The van der Waals surface area contributed by atoms with Gasteiger partial charge in [-0.15, -0.1) is 5.10 Å². The van der Waals surface area contributed by atoms with Crippen LogP contribution >= 0.6 is 0 Å². The maximum Gasteiger partial charge on any atom is 0.338 e. The molecule has 0 spiro atoms. The van der Waals surface area contributed by atoms with Gasteiger partial charge in [-0.1, -0.05) is 30.3 Å². The topological polar surface area (TPSA) is 67.5 Å². The Morgan fingerprint density at radius 1 is 1.26 bits per heavy atom. The largest absolute Gasteiger partial charge is 0.478 e. The summed E-state index contributed by atoms with van der Waals surface area (Å²) in [4.78, 5) is 15.0. The van der Waals surface area contributed by atoms with Crippen LogP contribution in [0.2, 0.25) is 0 Å². The molecule has 3 aromatic rings. The van der Waals surface area contributed by atoms with Gasteiger partial charge in [0, 0.05) is 11.6 Å². The van der Waals surface area contributed by atoms with E-state index < -0.39 is 17.3 Å². The van der Waals surface area contributed by atoms with Crippen molar-refractivity contribution in [1.29, 1.82) is 0 Å². The molecule has 0 amide bonds. The smallest absolute Gasteiger partial charge is 0.338 e. The Hall–Kier alpha value is -2.76. The highest BCUT2D eigenvalue weighted by Gasteiger charge is 2.14. The molecule has 0 atom stereocenters. The molecule has 0 unspecified atom stereocenters. The van der Waals surface area contributed by atoms with Crippen molar-refractivity contribution >= 4 is 11.6 Å². The second kappa shape index (κ2) is 4.16. The molecule has 0 aliphatic carbocycles. The number of aromatic carboxylic acids is 1. The second-order valence-electron chi connectivity index (χ2n) is 3.94. The summed E-state index contributed by atoms with van der Waals surface area (Å²) in [6.07, 6.45) is 1.01. The van der Waals surface area contributed by atoms with Gasteiger partial charge in [0.1, 0.15) is 5.56 Å². The summed E-state index contributed by atoms with van der Waals surface area (Å²) < 4.78 is 14.7. The van der Waals surface area contributed by atoms with Gasteiger partial charge in [-0.05, 0) is 0 Å². The van der Waals surface area contributed by atoms with E-state index in [9.17, 15) is 9.18 Å². The third-order valence-electron chi connectivity index (χ3n) is 2.69. The summed E-state index contributed by atoms with van der Waals surface area (Å²) in [7, 11) is 0. The zero-order chi connectivity index (χ0) is 13.4. The molecule has 94 valence electrons. The number of hydrogen-bond acceptors (Lipinski definition) is 3. The number of nitrogens with zero attached hydrogens (tertiary/aromatic N) is 3. The predicted molar refractivity (Wildman–Crippen MR) is 65.3 cm³/mol. The van der Waals surface area contributed by atoms with E-state index >= 15 is 0 Å². The average Bonchev–Trinajstić information content (AvgIpc) is 2.81. The van der Waals surface area contributed by atoms with E-state index in [1.165, 1.54) is 4.52 Å². The lowest BCUT2D eigenvalue weighted by Gasteiger charge is -1.96. The van der Waals surface area contributed by atoms with Gasteiger partial charge < -0.3 is 5.11 Å².